The minimum Gasteiger partial charge on any atom is -0.305 e. The lowest BCUT2D eigenvalue weighted by Gasteiger charge is -2.40. The Kier molecular flexibility index (Phi) is 4.62. The van der Waals surface area contributed by atoms with Crippen molar-refractivity contribution in [2.45, 2.75) is 26.3 Å². The summed E-state index contributed by atoms with van der Waals surface area (Å²) in [5.74, 6) is 0. The standard InChI is InChI=1S/C13H21ClN/c1-4-15(5-2,6-3)13(14)12-10-8-7-9-11-12/h7-11,13H,4-6H2,1-3H3/q+1. The van der Waals surface area contributed by atoms with Crippen LogP contribution in [-0.4, -0.2) is 24.1 Å². The Bertz CT molecular complexity index is 272. The lowest BCUT2D eigenvalue weighted by atomic mass is 10.1. The Labute approximate surface area is 98.3 Å². The van der Waals surface area contributed by atoms with Crippen LogP contribution in [0, 0.1) is 0 Å². The van der Waals surface area contributed by atoms with Gasteiger partial charge in [-0.1, -0.05) is 41.9 Å². The summed E-state index contributed by atoms with van der Waals surface area (Å²) in [4.78, 5) is 0. The van der Waals surface area contributed by atoms with Crippen LogP contribution in [0.1, 0.15) is 31.8 Å². The lowest BCUT2D eigenvalue weighted by molar-refractivity contribution is -0.939. The van der Waals surface area contributed by atoms with Crippen molar-refractivity contribution in [2.75, 3.05) is 19.6 Å². The minimum atomic E-state index is 0.0752. The largest absolute Gasteiger partial charge is 0.305 e. The Morgan fingerprint density at radius 3 is 1.87 bits per heavy atom. The number of benzene rings is 1. The fourth-order valence-electron chi connectivity index (χ4n) is 2.08. The molecule has 1 rings (SSSR count). The zero-order valence-corrected chi connectivity index (χ0v) is 10.7. The highest BCUT2D eigenvalue weighted by Gasteiger charge is 2.31. The molecule has 0 bridgehead atoms. The second-order valence-corrected chi connectivity index (χ2v) is 4.33. The first kappa shape index (κ1) is 12.5. The van der Waals surface area contributed by atoms with Gasteiger partial charge < -0.3 is 4.48 Å². The Morgan fingerprint density at radius 1 is 1.00 bits per heavy atom. The molecule has 1 nitrogen and oxygen atoms in total. The van der Waals surface area contributed by atoms with Gasteiger partial charge in [0.1, 0.15) is 0 Å². The van der Waals surface area contributed by atoms with Crippen LogP contribution in [0.4, 0.5) is 0 Å². The first-order valence-corrected chi connectivity index (χ1v) is 6.18. The van der Waals surface area contributed by atoms with Crippen molar-refractivity contribution in [1.82, 2.24) is 0 Å². The number of quaternary nitrogens is 1. The first-order valence-electron chi connectivity index (χ1n) is 5.75. The molecule has 15 heavy (non-hydrogen) atoms. The average Bonchev–Trinajstić information content (AvgIpc) is 2.33. The molecule has 1 aromatic rings. The van der Waals surface area contributed by atoms with Gasteiger partial charge >= 0.3 is 0 Å². The van der Waals surface area contributed by atoms with Crippen LogP contribution < -0.4 is 0 Å². The molecule has 0 fully saturated rings. The highest BCUT2D eigenvalue weighted by Crippen LogP contribution is 2.31. The molecule has 0 heterocycles. The molecule has 0 aliphatic heterocycles. The van der Waals surface area contributed by atoms with Gasteiger partial charge in [0.05, 0.1) is 19.6 Å². The van der Waals surface area contributed by atoms with E-state index in [1.807, 2.05) is 6.07 Å². The average molecular weight is 227 g/mol. The van der Waals surface area contributed by atoms with E-state index in [0.717, 1.165) is 24.1 Å². The molecular formula is C13H21ClN+. The van der Waals surface area contributed by atoms with E-state index in [1.165, 1.54) is 5.56 Å². The summed E-state index contributed by atoms with van der Waals surface area (Å²) in [7, 11) is 0. The van der Waals surface area contributed by atoms with Crippen molar-refractivity contribution in [2.24, 2.45) is 0 Å². The molecule has 1 atom stereocenters. The predicted octanol–water partition coefficient (Wildman–Crippen LogP) is 3.80. The molecule has 2 heteroatoms. The highest BCUT2D eigenvalue weighted by molar-refractivity contribution is 6.19. The SMILES string of the molecule is CC[N+](CC)(CC)C(Cl)c1ccccc1. The molecule has 0 aliphatic rings. The maximum Gasteiger partial charge on any atom is 0.190 e. The molecule has 0 saturated carbocycles. The number of halogens is 1. The summed E-state index contributed by atoms with van der Waals surface area (Å²) >= 11 is 6.60. The van der Waals surface area contributed by atoms with Gasteiger partial charge in [-0.15, -0.1) is 0 Å². The van der Waals surface area contributed by atoms with Gasteiger partial charge in [0.2, 0.25) is 0 Å². The van der Waals surface area contributed by atoms with Crippen LogP contribution in [0.3, 0.4) is 0 Å². The maximum atomic E-state index is 6.60. The third-order valence-electron chi connectivity index (χ3n) is 3.44. The molecule has 0 radical (unpaired) electrons. The second kappa shape index (κ2) is 5.53. The monoisotopic (exact) mass is 226 g/mol. The van der Waals surface area contributed by atoms with E-state index in [2.05, 4.69) is 45.0 Å². The number of hydrogen-bond donors (Lipinski definition) is 0. The van der Waals surface area contributed by atoms with Crippen LogP contribution in [-0.2, 0) is 0 Å². The van der Waals surface area contributed by atoms with Crippen LogP contribution in [0.5, 0.6) is 0 Å². The van der Waals surface area contributed by atoms with Gasteiger partial charge in [-0.25, -0.2) is 0 Å². The van der Waals surface area contributed by atoms with E-state index in [1.54, 1.807) is 0 Å². The zero-order chi connectivity index (χ0) is 11.3. The smallest absolute Gasteiger partial charge is 0.190 e. The topological polar surface area (TPSA) is 0 Å². The van der Waals surface area contributed by atoms with Gasteiger partial charge in [-0.3, -0.25) is 0 Å². The molecule has 0 aliphatic carbocycles. The lowest BCUT2D eigenvalue weighted by Crippen LogP contribution is -2.48. The van der Waals surface area contributed by atoms with E-state index in [9.17, 15) is 0 Å². The molecular weight excluding hydrogens is 206 g/mol. The van der Waals surface area contributed by atoms with Crippen molar-refractivity contribution in [3.8, 4) is 0 Å². The molecule has 0 amide bonds. The van der Waals surface area contributed by atoms with Gasteiger partial charge in [0.15, 0.2) is 5.50 Å². The molecule has 0 spiro atoms. The number of nitrogens with zero attached hydrogens (tertiary/aromatic N) is 1. The summed E-state index contributed by atoms with van der Waals surface area (Å²) in [6, 6.07) is 10.4. The van der Waals surface area contributed by atoms with Crippen LogP contribution in [0.25, 0.3) is 0 Å². The van der Waals surface area contributed by atoms with Crippen molar-refractivity contribution in [1.29, 1.82) is 0 Å². The summed E-state index contributed by atoms with van der Waals surface area (Å²) in [5, 5.41) is 0. The van der Waals surface area contributed by atoms with Gasteiger partial charge in [0.25, 0.3) is 0 Å². The molecule has 0 saturated heterocycles. The second-order valence-electron chi connectivity index (χ2n) is 3.91. The first-order chi connectivity index (χ1) is 7.20. The molecule has 1 aromatic carbocycles. The molecule has 0 aromatic heterocycles. The third kappa shape index (κ3) is 2.53. The summed E-state index contributed by atoms with van der Waals surface area (Å²) in [6.07, 6.45) is 0. The van der Waals surface area contributed by atoms with E-state index >= 15 is 0 Å². The number of rotatable bonds is 5. The fourth-order valence-corrected chi connectivity index (χ4v) is 2.64. The van der Waals surface area contributed by atoms with Crippen molar-refractivity contribution >= 4 is 11.6 Å². The molecule has 1 unspecified atom stereocenters. The highest BCUT2D eigenvalue weighted by atomic mass is 35.5. The minimum absolute atomic E-state index is 0.0752. The van der Waals surface area contributed by atoms with Gasteiger partial charge in [0, 0.05) is 5.56 Å². The van der Waals surface area contributed by atoms with Crippen LogP contribution >= 0.6 is 11.6 Å². The number of hydrogen-bond acceptors (Lipinski definition) is 0. The van der Waals surface area contributed by atoms with Crippen LogP contribution in [0.2, 0.25) is 0 Å². The summed E-state index contributed by atoms with van der Waals surface area (Å²) in [5.41, 5.74) is 1.30. The van der Waals surface area contributed by atoms with Crippen molar-refractivity contribution in [3.05, 3.63) is 35.9 Å². The normalized spacial score (nSPS) is 13.9. The van der Waals surface area contributed by atoms with Gasteiger partial charge in [-0.2, -0.15) is 0 Å². The van der Waals surface area contributed by atoms with Crippen LogP contribution in [0.15, 0.2) is 30.3 Å². The quantitative estimate of drug-likeness (QED) is 0.407. The maximum absolute atomic E-state index is 6.60. The Hall–Kier alpha value is -0.530. The summed E-state index contributed by atoms with van der Waals surface area (Å²) in [6.45, 7) is 9.88. The van der Waals surface area contributed by atoms with Crippen molar-refractivity contribution in [3.63, 3.8) is 0 Å². The Morgan fingerprint density at radius 2 is 1.47 bits per heavy atom. The van der Waals surface area contributed by atoms with E-state index in [0.29, 0.717) is 0 Å². The molecule has 0 N–H and O–H groups in total. The van der Waals surface area contributed by atoms with E-state index in [-0.39, 0.29) is 5.50 Å². The summed E-state index contributed by atoms with van der Waals surface area (Å²) < 4.78 is 0.950. The molecule has 84 valence electrons. The predicted molar refractivity (Wildman–Crippen MR) is 66.9 cm³/mol. The van der Waals surface area contributed by atoms with E-state index < -0.39 is 0 Å². The third-order valence-corrected chi connectivity index (χ3v) is 4.11. The zero-order valence-electron chi connectivity index (χ0n) is 9.91. The Balaban J connectivity index is 2.95. The van der Waals surface area contributed by atoms with Gasteiger partial charge in [-0.05, 0) is 20.8 Å². The fraction of sp³-hybridized carbons (Fsp3) is 0.538. The van der Waals surface area contributed by atoms with Crippen molar-refractivity contribution < 1.29 is 4.48 Å². The van der Waals surface area contributed by atoms with E-state index in [4.69, 9.17) is 11.6 Å². The number of alkyl halides is 1.